The third kappa shape index (κ3) is 2.91. The molecule has 2 rings (SSSR count). The lowest BCUT2D eigenvalue weighted by Crippen LogP contribution is -2.08. The number of halogens is 2. The average molecular weight is 267 g/mol. The van der Waals surface area contributed by atoms with E-state index in [9.17, 15) is 4.39 Å². The monoisotopic (exact) mass is 266 g/mol. The molecule has 0 saturated carbocycles. The molecule has 0 bridgehead atoms. The lowest BCUT2D eigenvalue weighted by Gasteiger charge is -2.14. The van der Waals surface area contributed by atoms with E-state index in [0.717, 1.165) is 23.4 Å². The summed E-state index contributed by atoms with van der Waals surface area (Å²) < 4.78 is 14.8. The fraction of sp³-hybridized carbons (Fsp3) is 0.357. The van der Waals surface area contributed by atoms with Crippen molar-refractivity contribution in [2.45, 2.75) is 19.3 Å². The van der Waals surface area contributed by atoms with Gasteiger partial charge in [0.05, 0.1) is 5.69 Å². The third-order valence-corrected chi connectivity index (χ3v) is 3.45. The Balaban J connectivity index is 2.19. The van der Waals surface area contributed by atoms with Crippen molar-refractivity contribution < 1.29 is 4.39 Å². The highest BCUT2D eigenvalue weighted by atomic mass is 35.5. The lowest BCUT2D eigenvalue weighted by molar-refractivity contribution is 0.623. The van der Waals surface area contributed by atoms with Gasteiger partial charge in [-0.1, -0.05) is 12.1 Å². The molecule has 0 spiro atoms. The standard InChI is InChI=1S/C14H16ClFN2/c1-10-7-14(18(2)17-10)8-12(9-15)11-3-5-13(16)6-4-11/h3-7,12H,8-9H2,1-2H3. The zero-order valence-corrected chi connectivity index (χ0v) is 11.3. The molecule has 0 amide bonds. The van der Waals surface area contributed by atoms with Crippen LogP contribution in [0.15, 0.2) is 30.3 Å². The minimum Gasteiger partial charge on any atom is -0.272 e. The second-order valence-corrected chi connectivity index (χ2v) is 4.82. The van der Waals surface area contributed by atoms with E-state index in [0.29, 0.717) is 5.88 Å². The van der Waals surface area contributed by atoms with Crippen molar-refractivity contribution in [3.63, 3.8) is 0 Å². The number of benzene rings is 1. The maximum absolute atomic E-state index is 12.9. The van der Waals surface area contributed by atoms with Gasteiger partial charge >= 0.3 is 0 Å². The first-order valence-corrected chi connectivity index (χ1v) is 6.44. The van der Waals surface area contributed by atoms with Gasteiger partial charge in [-0.05, 0) is 37.1 Å². The summed E-state index contributed by atoms with van der Waals surface area (Å²) in [6.07, 6.45) is 0.812. The summed E-state index contributed by atoms with van der Waals surface area (Å²) in [6.45, 7) is 1.97. The van der Waals surface area contributed by atoms with Gasteiger partial charge in [-0.25, -0.2) is 4.39 Å². The predicted octanol–water partition coefficient (Wildman–Crippen LogP) is 3.43. The number of alkyl halides is 1. The normalized spacial score (nSPS) is 12.7. The molecule has 0 aliphatic carbocycles. The van der Waals surface area contributed by atoms with E-state index in [2.05, 4.69) is 11.2 Å². The summed E-state index contributed by atoms with van der Waals surface area (Å²) in [4.78, 5) is 0. The molecule has 1 atom stereocenters. The molecule has 1 unspecified atom stereocenters. The zero-order valence-electron chi connectivity index (χ0n) is 10.5. The minimum atomic E-state index is -0.219. The molecule has 0 N–H and O–H groups in total. The molecular formula is C14H16ClFN2. The van der Waals surface area contributed by atoms with Crippen LogP contribution in [0, 0.1) is 12.7 Å². The summed E-state index contributed by atoms with van der Waals surface area (Å²) >= 11 is 6.03. The Morgan fingerprint density at radius 2 is 2.00 bits per heavy atom. The van der Waals surface area contributed by atoms with Crippen LogP contribution >= 0.6 is 11.6 Å². The molecular weight excluding hydrogens is 251 g/mol. The van der Waals surface area contributed by atoms with Crippen molar-refractivity contribution >= 4 is 11.6 Å². The highest BCUT2D eigenvalue weighted by Crippen LogP contribution is 2.23. The van der Waals surface area contributed by atoms with Gasteiger partial charge in [0.1, 0.15) is 5.82 Å². The first kappa shape index (κ1) is 13.1. The van der Waals surface area contributed by atoms with E-state index in [1.165, 1.54) is 12.1 Å². The molecule has 96 valence electrons. The van der Waals surface area contributed by atoms with Crippen LogP contribution < -0.4 is 0 Å². The average Bonchev–Trinajstić information content (AvgIpc) is 2.66. The van der Waals surface area contributed by atoms with Gasteiger partial charge in [-0.2, -0.15) is 5.10 Å². The van der Waals surface area contributed by atoms with Crippen LogP contribution in [0.4, 0.5) is 4.39 Å². The van der Waals surface area contributed by atoms with Crippen molar-refractivity contribution in [2.24, 2.45) is 7.05 Å². The second kappa shape index (κ2) is 5.53. The number of rotatable bonds is 4. The van der Waals surface area contributed by atoms with Crippen LogP contribution in [0.25, 0.3) is 0 Å². The van der Waals surface area contributed by atoms with Gasteiger partial charge < -0.3 is 0 Å². The van der Waals surface area contributed by atoms with Crippen LogP contribution in [0.2, 0.25) is 0 Å². The molecule has 0 aliphatic rings. The second-order valence-electron chi connectivity index (χ2n) is 4.51. The van der Waals surface area contributed by atoms with Crippen molar-refractivity contribution in [1.82, 2.24) is 9.78 Å². The molecule has 2 aromatic rings. The summed E-state index contributed by atoms with van der Waals surface area (Å²) in [5, 5.41) is 4.32. The topological polar surface area (TPSA) is 17.8 Å². The smallest absolute Gasteiger partial charge is 0.123 e. The van der Waals surface area contributed by atoms with Gasteiger partial charge in [-0.3, -0.25) is 4.68 Å². The number of hydrogen-bond acceptors (Lipinski definition) is 1. The van der Waals surface area contributed by atoms with Gasteiger partial charge in [-0.15, -0.1) is 11.6 Å². The molecule has 0 radical (unpaired) electrons. The molecule has 0 aliphatic heterocycles. The summed E-state index contributed by atoms with van der Waals surface area (Å²) in [5.41, 5.74) is 3.20. The maximum Gasteiger partial charge on any atom is 0.123 e. The van der Waals surface area contributed by atoms with E-state index >= 15 is 0 Å². The van der Waals surface area contributed by atoms with Crippen LogP contribution in [-0.2, 0) is 13.5 Å². The largest absolute Gasteiger partial charge is 0.272 e. The van der Waals surface area contributed by atoms with Gasteiger partial charge in [0.2, 0.25) is 0 Å². The zero-order chi connectivity index (χ0) is 13.1. The summed E-state index contributed by atoms with van der Waals surface area (Å²) in [7, 11) is 1.93. The van der Waals surface area contributed by atoms with Gasteiger partial charge in [0, 0.05) is 24.5 Å². The predicted molar refractivity (Wildman–Crippen MR) is 71.5 cm³/mol. The first-order chi connectivity index (χ1) is 8.60. The van der Waals surface area contributed by atoms with E-state index in [4.69, 9.17) is 11.6 Å². The van der Waals surface area contributed by atoms with E-state index in [1.54, 1.807) is 12.1 Å². The number of nitrogens with zero attached hydrogens (tertiary/aromatic N) is 2. The number of aryl methyl sites for hydroxylation is 2. The highest BCUT2D eigenvalue weighted by Gasteiger charge is 2.14. The molecule has 1 aromatic carbocycles. The maximum atomic E-state index is 12.9. The Bertz CT molecular complexity index is 519. The molecule has 0 saturated heterocycles. The van der Waals surface area contributed by atoms with Crippen LogP contribution in [0.3, 0.4) is 0 Å². The fourth-order valence-corrected chi connectivity index (χ4v) is 2.39. The number of hydrogen-bond donors (Lipinski definition) is 0. The third-order valence-electron chi connectivity index (χ3n) is 3.08. The van der Waals surface area contributed by atoms with Crippen LogP contribution in [0.5, 0.6) is 0 Å². The van der Waals surface area contributed by atoms with Gasteiger partial charge in [0.25, 0.3) is 0 Å². The minimum absolute atomic E-state index is 0.182. The van der Waals surface area contributed by atoms with E-state index in [1.807, 2.05) is 18.7 Å². The Labute approximate surface area is 111 Å². The van der Waals surface area contributed by atoms with Crippen LogP contribution in [0.1, 0.15) is 22.9 Å². The van der Waals surface area contributed by atoms with Crippen LogP contribution in [-0.4, -0.2) is 15.7 Å². The Hall–Kier alpha value is -1.35. The first-order valence-electron chi connectivity index (χ1n) is 5.91. The molecule has 4 heteroatoms. The quantitative estimate of drug-likeness (QED) is 0.776. The van der Waals surface area contributed by atoms with Crippen molar-refractivity contribution in [3.05, 3.63) is 53.1 Å². The molecule has 0 fully saturated rings. The lowest BCUT2D eigenvalue weighted by atomic mass is 9.96. The van der Waals surface area contributed by atoms with Crippen molar-refractivity contribution in [1.29, 1.82) is 0 Å². The Kier molecular flexibility index (Phi) is 4.02. The molecule has 1 aromatic heterocycles. The molecule has 2 nitrogen and oxygen atoms in total. The van der Waals surface area contributed by atoms with Crippen molar-refractivity contribution in [2.75, 3.05) is 5.88 Å². The summed E-state index contributed by atoms with van der Waals surface area (Å²) in [6, 6.07) is 8.60. The SMILES string of the molecule is Cc1cc(CC(CCl)c2ccc(F)cc2)n(C)n1. The Morgan fingerprint density at radius 3 is 2.50 bits per heavy atom. The Morgan fingerprint density at radius 1 is 1.33 bits per heavy atom. The number of aromatic nitrogens is 2. The highest BCUT2D eigenvalue weighted by molar-refractivity contribution is 6.18. The van der Waals surface area contributed by atoms with Crippen molar-refractivity contribution in [3.8, 4) is 0 Å². The molecule has 18 heavy (non-hydrogen) atoms. The van der Waals surface area contributed by atoms with E-state index in [-0.39, 0.29) is 11.7 Å². The summed E-state index contributed by atoms with van der Waals surface area (Å²) in [5.74, 6) is 0.473. The van der Waals surface area contributed by atoms with Gasteiger partial charge in [0.15, 0.2) is 0 Å². The molecule has 1 heterocycles. The fourth-order valence-electron chi connectivity index (χ4n) is 2.10. The van der Waals surface area contributed by atoms with E-state index < -0.39 is 0 Å².